The number of aromatic nitrogens is 5. The van der Waals surface area contributed by atoms with Crippen molar-refractivity contribution in [2.75, 3.05) is 43.1 Å². The normalized spacial score (nSPS) is 18.5. The molecule has 0 bridgehead atoms. The van der Waals surface area contributed by atoms with Crippen molar-refractivity contribution in [2.24, 2.45) is 17.6 Å². The number of anilines is 2. The van der Waals surface area contributed by atoms with E-state index in [0.29, 0.717) is 57.6 Å². The summed E-state index contributed by atoms with van der Waals surface area (Å²) >= 11 is 0. The van der Waals surface area contributed by atoms with E-state index in [2.05, 4.69) is 30.7 Å². The number of rotatable bonds is 13. The lowest BCUT2D eigenvalue weighted by atomic mass is 9.81. The number of aliphatic carboxylic acids is 1. The maximum atomic E-state index is 14.2. The van der Waals surface area contributed by atoms with Crippen molar-refractivity contribution in [1.29, 1.82) is 0 Å². The Bertz CT molecular complexity index is 1930. The van der Waals surface area contributed by atoms with Gasteiger partial charge >= 0.3 is 17.8 Å². The molecule has 286 valence electrons. The second-order valence-corrected chi connectivity index (χ2v) is 13.3. The standard InChI is InChI=1S/C36H39F4N9O5/c37-35(38,36(39,40)33(52)53)32-46-29(47-48-32)23-8-10-27(11-9-23)44-31(51)28(45-30(50)24-6-4-21(18-41)5-7-24)17-22-2-1-3-25(16-22)26-19-42-34(43-20-26)49-12-14-54-15-13-49/h1-3,8-11,16,19-21,24,28H,4-7,12-15,17-18,41H2,(H,44,51)(H,45,50)(H,52,53)(H,46,47,48)/t21?,24?,28-/m0/s1. The van der Waals surface area contributed by atoms with Crippen LogP contribution in [-0.4, -0.2) is 92.9 Å². The molecule has 6 rings (SSSR count). The summed E-state index contributed by atoms with van der Waals surface area (Å²) in [6, 6.07) is 12.1. The zero-order valence-electron chi connectivity index (χ0n) is 29.0. The lowest BCUT2D eigenvalue weighted by Crippen LogP contribution is -2.48. The van der Waals surface area contributed by atoms with Crippen molar-refractivity contribution in [2.45, 2.75) is 50.0 Å². The van der Waals surface area contributed by atoms with Crippen LogP contribution in [0.4, 0.5) is 29.2 Å². The smallest absolute Gasteiger partial charge is 0.411 e. The first-order chi connectivity index (χ1) is 25.8. The van der Waals surface area contributed by atoms with Gasteiger partial charge in [0.2, 0.25) is 23.6 Å². The number of nitrogens with two attached hydrogens (primary N) is 1. The maximum Gasteiger partial charge on any atom is 0.411 e. The van der Waals surface area contributed by atoms with Crippen molar-refractivity contribution in [1.82, 2.24) is 30.5 Å². The van der Waals surface area contributed by atoms with Gasteiger partial charge in [-0.3, -0.25) is 14.7 Å². The second kappa shape index (κ2) is 16.3. The van der Waals surface area contributed by atoms with E-state index in [4.69, 9.17) is 15.6 Å². The molecule has 1 aliphatic heterocycles. The molecule has 14 nitrogen and oxygen atoms in total. The van der Waals surface area contributed by atoms with E-state index in [1.807, 2.05) is 29.2 Å². The fourth-order valence-corrected chi connectivity index (χ4v) is 6.42. The molecule has 1 saturated carbocycles. The molecule has 2 aromatic carbocycles. The summed E-state index contributed by atoms with van der Waals surface area (Å²) in [4.78, 5) is 52.5. The third kappa shape index (κ3) is 8.49. The summed E-state index contributed by atoms with van der Waals surface area (Å²) in [5.41, 5.74) is 8.57. The molecule has 2 fully saturated rings. The van der Waals surface area contributed by atoms with Crippen LogP contribution in [0, 0.1) is 11.8 Å². The summed E-state index contributed by atoms with van der Waals surface area (Å²) in [5, 5.41) is 19.5. The molecule has 2 amide bonds. The van der Waals surface area contributed by atoms with Crippen molar-refractivity contribution >= 4 is 29.4 Å². The minimum absolute atomic E-state index is 0.113. The predicted molar refractivity (Wildman–Crippen MR) is 188 cm³/mol. The first kappa shape index (κ1) is 38.2. The molecule has 18 heteroatoms. The molecule has 54 heavy (non-hydrogen) atoms. The van der Waals surface area contributed by atoms with Gasteiger partial charge in [0.1, 0.15) is 6.04 Å². The highest BCUT2D eigenvalue weighted by Crippen LogP contribution is 2.42. The highest BCUT2D eigenvalue weighted by Gasteiger charge is 2.65. The Hall–Kier alpha value is -5.49. The Balaban J connectivity index is 1.17. The van der Waals surface area contributed by atoms with Crippen molar-refractivity contribution < 1.29 is 41.8 Å². The van der Waals surface area contributed by atoms with Crippen LogP contribution in [0.15, 0.2) is 60.9 Å². The predicted octanol–water partition coefficient (Wildman–Crippen LogP) is 4.01. The van der Waals surface area contributed by atoms with Gasteiger partial charge in [-0.1, -0.05) is 24.3 Å². The molecule has 2 aromatic heterocycles. The van der Waals surface area contributed by atoms with Crippen LogP contribution in [0.2, 0.25) is 0 Å². The number of carbonyl (C=O) groups excluding carboxylic acids is 2. The number of nitrogens with zero attached hydrogens (tertiary/aromatic N) is 5. The number of carboxylic acids is 1. The van der Waals surface area contributed by atoms with Crippen LogP contribution in [0.5, 0.6) is 0 Å². The number of ether oxygens (including phenoxy) is 1. The van der Waals surface area contributed by atoms with Gasteiger partial charge in [0.15, 0.2) is 5.82 Å². The Morgan fingerprint density at radius 1 is 0.963 bits per heavy atom. The number of nitrogens with one attached hydrogen (secondary N) is 3. The monoisotopic (exact) mass is 753 g/mol. The number of halogens is 4. The van der Waals surface area contributed by atoms with Gasteiger partial charge in [-0.25, -0.2) is 19.7 Å². The number of carboxylic acid groups (broad SMARTS) is 1. The molecule has 4 aromatic rings. The Kier molecular flexibility index (Phi) is 11.5. The van der Waals surface area contributed by atoms with E-state index < -0.39 is 41.4 Å². The number of H-pyrrole nitrogens is 1. The van der Waals surface area contributed by atoms with Crippen LogP contribution in [0.3, 0.4) is 0 Å². The van der Waals surface area contributed by atoms with Crippen molar-refractivity contribution in [3.8, 4) is 22.5 Å². The van der Waals surface area contributed by atoms with E-state index >= 15 is 0 Å². The summed E-state index contributed by atoms with van der Waals surface area (Å²) in [7, 11) is 0. The number of benzene rings is 2. The molecule has 3 heterocycles. The number of morpholine rings is 1. The van der Waals surface area contributed by atoms with Crippen molar-refractivity contribution in [3.63, 3.8) is 0 Å². The molecule has 1 aliphatic carbocycles. The van der Waals surface area contributed by atoms with E-state index in [-0.39, 0.29) is 29.5 Å². The molecule has 1 atom stereocenters. The van der Waals surface area contributed by atoms with E-state index in [0.717, 1.165) is 29.5 Å². The van der Waals surface area contributed by atoms with Crippen molar-refractivity contribution in [3.05, 3.63) is 72.3 Å². The van der Waals surface area contributed by atoms with Gasteiger partial charge in [-0.2, -0.15) is 22.7 Å². The van der Waals surface area contributed by atoms with Gasteiger partial charge in [-0.05, 0) is 73.5 Å². The number of alkyl halides is 4. The fourth-order valence-electron chi connectivity index (χ4n) is 6.42. The highest BCUT2D eigenvalue weighted by atomic mass is 19.3. The second-order valence-electron chi connectivity index (χ2n) is 13.3. The van der Waals surface area contributed by atoms with Crippen LogP contribution >= 0.6 is 0 Å². The molecular weight excluding hydrogens is 714 g/mol. The molecule has 2 aliphatic rings. The minimum Gasteiger partial charge on any atom is -0.477 e. The average Bonchev–Trinajstić information content (AvgIpc) is 3.70. The summed E-state index contributed by atoms with van der Waals surface area (Å²) in [6.45, 7) is 3.17. The number of amides is 2. The quantitative estimate of drug-likeness (QED) is 0.124. The SMILES string of the molecule is NCC1CCC(C(=O)N[C@@H](Cc2cccc(-c3cnc(N4CCOCC4)nc3)c2)C(=O)Nc2ccc(-c3n[nH]c(C(F)(F)C(F)(F)C(=O)O)n3)cc2)CC1. The molecule has 0 spiro atoms. The van der Waals surface area contributed by atoms with Crippen LogP contribution < -0.4 is 21.3 Å². The van der Waals surface area contributed by atoms with Crippen LogP contribution in [0.25, 0.3) is 22.5 Å². The number of hydrogen-bond donors (Lipinski definition) is 5. The minimum atomic E-state index is -5.43. The van der Waals surface area contributed by atoms with Crippen LogP contribution in [-0.2, 0) is 31.5 Å². The maximum absolute atomic E-state index is 14.2. The van der Waals surface area contributed by atoms with Gasteiger partial charge in [-0.15, -0.1) is 0 Å². The number of hydrogen-bond acceptors (Lipinski definition) is 10. The first-order valence-electron chi connectivity index (χ1n) is 17.4. The molecule has 1 saturated heterocycles. The first-order valence-corrected chi connectivity index (χ1v) is 17.4. The Labute approximate surface area is 306 Å². The fraction of sp³-hybridized carbons (Fsp3) is 0.417. The third-order valence-electron chi connectivity index (χ3n) is 9.67. The topological polar surface area (TPSA) is 201 Å². The van der Waals surface area contributed by atoms with E-state index in [1.165, 1.54) is 24.3 Å². The summed E-state index contributed by atoms with van der Waals surface area (Å²) < 4.78 is 61.2. The van der Waals surface area contributed by atoms with Gasteiger partial charge in [0.05, 0.1) is 13.2 Å². The Morgan fingerprint density at radius 3 is 2.30 bits per heavy atom. The lowest BCUT2D eigenvalue weighted by molar-refractivity contribution is -0.231. The van der Waals surface area contributed by atoms with E-state index in [1.54, 1.807) is 17.5 Å². The third-order valence-corrected chi connectivity index (χ3v) is 9.67. The molecular formula is C36H39F4N9O5. The summed E-state index contributed by atoms with van der Waals surface area (Å²) in [6.07, 6.45) is 6.56. The van der Waals surface area contributed by atoms with Gasteiger partial charge in [0, 0.05) is 54.6 Å². The summed E-state index contributed by atoms with van der Waals surface area (Å²) in [5.74, 6) is -15.7. The molecule has 0 unspecified atom stereocenters. The van der Waals surface area contributed by atoms with Crippen LogP contribution in [0.1, 0.15) is 37.1 Å². The molecule has 6 N–H and O–H groups in total. The van der Waals surface area contributed by atoms with Gasteiger partial charge in [0.25, 0.3) is 0 Å². The highest BCUT2D eigenvalue weighted by molar-refractivity contribution is 5.97. The Morgan fingerprint density at radius 2 is 1.65 bits per heavy atom. The number of aromatic amines is 1. The van der Waals surface area contributed by atoms with Gasteiger partial charge < -0.3 is 31.1 Å². The lowest BCUT2D eigenvalue weighted by Gasteiger charge is -2.28. The zero-order valence-corrected chi connectivity index (χ0v) is 29.0. The largest absolute Gasteiger partial charge is 0.477 e. The zero-order chi connectivity index (χ0) is 38.5. The molecule has 0 radical (unpaired) electrons. The van der Waals surface area contributed by atoms with E-state index in [9.17, 15) is 31.9 Å². The average molecular weight is 754 g/mol. The number of carbonyl (C=O) groups is 3.